The summed E-state index contributed by atoms with van der Waals surface area (Å²) < 4.78 is 24.3. The van der Waals surface area contributed by atoms with Gasteiger partial charge in [-0.05, 0) is 23.0 Å². The SMILES string of the molecule is C=CCc1ccccc1[Si].[N-]=[N+]=NS(=O)(=O)N=[N+]=[N-]. The molecule has 1 rings (SSSR count). The van der Waals surface area contributed by atoms with Gasteiger partial charge in [-0.25, -0.2) is 8.42 Å². The van der Waals surface area contributed by atoms with Gasteiger partial charge in [0.05, 0.1) is 10.2 Å². The van der Waals surface area contributed by atoms with Gasteiger partial charge < -0.3 is 0 Å². The fourth-order valence-electron chi connectivity index (χ4n) is 0.962. The number of hydrogen-bond acceptors (Lipinski definition) is 2. The van der Waals surface area contributed by atoms with E-state index < -0.39 is 10.2 Å². The number of benzene rings is 1. The van der Waals surface area contributed by atoms with Gasteiger partial charge in [0, 0.05) is 18.9 Å². The normalized spacial score (nSPS) is 9.11. The van der Waals surface area contributed by atoms with Gasteiger partial charge in [-0.15, -0.1) is 6.58 Å². The molecule has 0 N–H and O–H groups in total. The lowest BCUT2D eigenvalue weighted by Crippen LogP contribution is -2.07. The van der Waals surface area contributed by atoms with Crippen molar-refractivity contribution in [3.05, 3.63) is 63.4 Å². The first-order chi connectivity index (χ1) is 8.96. The van der Waals surface area contributed by atoms with Crippen LogP contribution < -0.4 is 5.19 Å². The number of hydrogen-bond donors (Lipinski definition) is 0. The van der Waals surface area contributed by atoms with Crippen molar-refractivity contribution in [3.63, 3.8) is 0 Å². The van der Waals surface area contributed by atoms with E-state index in [1.54, 1.807) is 0 Å². The molecule has 1 aromatic carbocycles. The summed E-state index contributed by atoms with van der Waals surface area (Å²) in [6, 6.07) is 8.16. The Kier molecular flexibility index (Phi) is 7.74. The Morgan fingerprint density at radius 2 is 1.79 bits per heavy atom. The van der Waals surface area contributed by atoms with Crippen molar-refractivity contribution < 1.29 is 8.42 Å². The minimum Gasteiger partial charge on any atom is -0.213 e. The highest BCUT2D eigenvalue weighted by Gasteiger charge is 1.99. The first kappa shape index (κ1) is 16.7. The van der Waals surface area contributed by atoms with Gasteiger partial charge in [-0.1, -0.05) is 35.5 Å². The second-order valence-corrected chi connectivity index (χ2v) is 4.70. The summed E-state index contributed by atoms with van der Waals surface area (Å²) in [5.74, 6) is 0. The third kappa shape index (κ3) is 7.63. The summed E-state index contributed by atoms with van der Waals surface area (Å²) in [5, 5.41) is 1.16. The fourth-order valence-corrected chi connectivity index (χ4v) is 1.46. The van der Waals surface area contributed by atoms with Crippen molar-refractivity contribution in [2.45, 2.75) is 6.42 Å². The van der Waals surface area contributed by atoms with Gasteiger partial charge in [0.15, 0.2) is 0 Å². The molecular formula is C9H9N6O2SSi. The summed E-state index contributed by atoms with van der Waals surface area (Å²) in [6.07, 6.45) is 2.83. The third-order valence-electron chi connectivity index (χ3n) is 1.66. The van der Waals surface area contributed by atoms with E-state index in [4.69, 9.17) is 11.1 Å². The molecule has 97 valence electrons. The number of azide groups is 1. The number of allylic oxidation sites excluding steroid dienone is 1. The molecule has 0 aromatic heterocycles. The van der Waals surface area contributed by atoms with Crippen LogP contribution >= 0.6 is 0 Å². The van der Waals surface area contributed by atoms with Crippen molar-refractivity contribution in [3.8, 4) is 0 Å². The van der Waals surface area contributed by atoms with E-state index in [1.807, 2.05) is 34.1 Å². The molecule has 19 heavy (non-hydrogen) atoms. The first-order valence-corrected chi connectivity index (χ1v) is 6.64. The van der Waals surface area contributed by atoms with Gasteiger partial charge in [0.2, 0.25) is 0 Å². The Balaban J connectivity index is 0.000000344. The average molecular weight is 293 g/mol. The summed E-state index contributed by atoms with van der Waals surface area (Å²) in [5.41, 5.74) is 16.3. The molecule has 0 amide bonds. The van der Waals surface area contributed by atoms with Crippen LogP contribution in [0.1, 0.15) is 5.56 Å². The zero-order valence-corrected chi connectivity index (χ0v) is 11.5. The smallest absolute Gasteiger partial charge is 0.213 e. The van der Waals surface area contributed by atoms with Crippen molar-refractivity contribution >= 4 is 25.6 Å². The minimum atomic E-state index is -4.27. The molecule has 0 unspecified atom stereocenters. The second kappa shape index (κ2) is 8.78. The number of nitrogens with zero attached hydrogens (tertiary/aromatic N) is 6. The van der Waals surface area contributed by atoms with E-state index in [0.717, 1.165) is 11.6 Å². The Bertz CT molecular complexity index is 608. The molecule has 0 saturated carbocycles. The van der Waals surface area contributed by atoms with E-state index in [2.05, 4.69) is 31.9 Å². The average Bonchev–Trinajstić information content (AvgIpc) is 2.33. The molecule has 0 aliphatic heterocycles. The standard InChI is InChI=1S/C9H9Si.N6O2S/c1-2-5-8-6-3-4-7-9(8)10;1-3-5-9(7,8)6-4-2/h2-4,6-7H,1,5H2;. The molecule has 0 bridgehead atoms. The van der Waals surface area contributed by atoms with Gasteiger partial charge in [0.1, 0.15) is 0 Å². The number of rotatable bonds is 4. The van der Waals surface area contributed by atoms with Gasteiger partial charge in [0.25, 0.3) is 0 Å². The first-order valence-electron chi connectivity index (χ1n) is 4.75. The highest BCUT2D eigenvalue weighted by Crippen LogP contribution is 1.95. The predicted molar refractivity (Wildman–Crippen MR) is 72.9 cm³/mol. The molecule has 1 aromatic rings. The molecule has 0 aliphatic rings. The molecule has 10 heteroatoms. The topological polar surface area (TPSA) is 132 Å². The van der Waals surface area contributed by atoms with Crippen molar-refractivity contribution in [2.24, 2.45) is 9.04 Å². The zero-order chi connectivity index (χ0) is 14.7. The maximum Gasteiger partial charge on any atom is 0.321 e. The lowest BCUT2D eigenvalue weighted by Gasteiger charge is -1.99. The Morgan fingerprint density at radius 3 is 2.21 bits per heavy atom. The molecule has 0 spiro atoms. The lowest BCUT2D eigenvalue weighted by molar-refractivity contribution is 0.599. The highest BCUT2D eigenvalue weighted by molar-refractivity contribution is 7.88. The minimum absolute atomic E-state index is 0.930. The van der Waals surface area contributed by atoms with Crippen LogP contribution in [0.3, 0.4) is 0 Å². The van der Waals surface area contributed by atoms with Gasteiger partial charge in [-0.3, -0.25) is 0 Å². The van der Waals surface area contributed by atoms with Crippen molar-refractivity contribution in [1.29, 1.82) is 0 Å². The van der Waals surface area contributed by atoms with Crippen LogP contribution in [0.2, 0.25) is 0 Å². The maximum atomic E-state index is 9.99. The van der Waals surface area contributed by atoms with Crippen LogP contribution in [0.15, 0.2) is 46.0 Å². The molecule has 0 saturated heterocycles. The quantitative estimate of drug-likeness (QED) is 0.276. The van der Waals surface area contributed by atoms with Crippen LogP contribution in [0.25, 0.3) is 20.9 Å². The van der Waals surface area contributed by atoms with E-state index >= 15 is 0 Å². The fraction of sp³-hybridized carbons (Fsp3) is 0.111. The highest BCUT2D eigenvalue weighted by atomic mass is 32.2. The van der Waals surface area contributed by atoms with E-state index in [9.17, 15) is 8.42 Å². The van der Waals surface area contributed by atoms with E-state index in [0.29, 0.717) is 0 Å². The van der Waals surface area contributed by atoms with Crippen LogP contribution in [0.4, 0.5) is 0 Å². The second-order valence-electron chi connectivity index (χ2n) is 2.94. The van der Waals surface area contributed by atoms with Crippen molar-refractivity contribution in [2.75, 3.05) is 0 Å². The predicted octanol–water partition coefficient (Wildman–Crippen LogP) is 2.06. The summed E-state index contributed by atoms with van der Waals surface area (Å²) in [4.78, 5) is 3.80. The van der Waals surface area contributed by atoms with Crippen LogP contribution in [-0.4, -0.2) is 18.7 Å². The van der Waals surface area contributed by atoms with Crippen LogP contribution in [-0.2, 0) is 16.6 Å². The molecule has 0 aliphatic carbocycles. The summed E-state index contributed by atoms with van der Waals surface area (Å²) in [7, 11) is -0.766. The molecule has 0 fully saturated rings. The molecule has 3 radical (unpaired) electrons. The Labute approximate surface area is 113 Å². The Hall–Kier alpha value is -2.25. The molecule has 0 heterocycles. The third-order valence-corrected chi connectivity index (χ3v) is 2.71. The zero-order valence-electron chi connectivity index (χ0n) is 9.71. The van der Waals surface area contributed by atoms with Crippen molar-refractivity contribution in [1.82, 2.24) is 0 Å². The van der Waals surface area contributed by atoms with E-state index in [1.165, 1.54) is 5.56 Å². The lowest BCUT2D eigenvalue weighted by atomic mass is 10.1. The summed E-state index contributed by atoms with van der Waals surface area (Å²) >= 11 is 0. The van der Waals surface area contributed by atoms with Crippen LogP contribution in [0.5, 0.6) is 0 Å². The maximum absolute atomic E-state index is 9.99. The van der Waals surface area contributed by atoms with Crippen LogP contribution in [0, 0.1) is 0 Å². The van der Waals surface area contributed by atoms with E-state index in [-0.39, 0.29) is 0 Å². The monoisotopic (exact) mass is 293 g/mol. The summed E-state index contributed by atoms with van der Waals surface area (Å²) in [6.45, 7) is 3.68. The van der Waals surface area contributed by atoms with Gasteiger partial charge >= 0.3 is 10.2 Å². The molecule has 8 nitrogen and oxygen atoms in total. The van der Waals surface area contributed by atoms with Gasteiger partial charge in [-0.2, -0.15) is 0 Å². The largest absolute Gasteiger partial charge is 0.321 e. The Morgan fingerprint density at radius 1 is 1.26 bits per heavy atom. The molecule has 0 atom stereocenters. The molecular weight excluding hydrogens is 284 g/mol.